The Bertz CT molecular complexity index is 486. The molecule has 7 heteroatoms. The Morgan fingerprint density at radius 2 is 1.52 bits per heavy atom. The molecule has 1 aromatic rings. The van der Waals surface area contributed by atoms with Crippen LogP contribution in [0.5, 0.6) is 0 Å². The minimum atomic E-state index is -1.76. The Kier molecular flexibility index (Phi) is 7.60. The summed E-state index contributed by atoms with van der Waals surface area (Å²) in [6.45, 7) is 2.72. The normalized spacial score (nSPS) is 16.7. The summed E-state index contributed by atoms with van der Waals surface area (Å²) < 4.78 is 4.87. The number of aliphatic hydroxyl groups is 5. The Labute approximate surface area is 134 Å². The van der Waals surface area contributed by atoms with E-state index in [0.717, 1.165) is 5.56 Å². The van der Waals surface area contributed by atoms with E-state index in [4.69, 9.17) is 9.84 Å². The molecule has 23 heavy (non-hydrogen) atoms. The summed E-state index contributed by atoms with van der Waals surface area (Å²) in [7, 11) is 0. The summed E-state index contributed by atoms with van der Waals surface area (Å²) >= 11 is 0. The van der Waals surface area contributed by atoms with E-state index in [9.17, 15) is 25.2 Å². The van der Waals surface area contributed by atoms with Crippen LogP contribution in [0, 0.1) is 0 Å². The van der Waals surface area contributed by atoms with Crippen LogP contribution < -0.4 is 0 Å². The number of ether oxygens (including phenoxy) is 1. The molecule has 0 amide bonds. The van der Waals surface area contributed by atoms with Crippen LogP contribution in [0.2, 0.25) is 0 Å². The maximum Gasteiger partial charge on any atom is 0.338 e. The van der Waals surface area contributed by atoms with Gasteiger partial charge in [-0.15, -0.1) is 0 Å². The fourth-order valence-electron chi connectivity index (χ4n) is 1.91. The summed E-state index contributed by atoms with van der Waals surface area (Å²) in [6.07, 6.45) is -6.70. The lowest BCUT2D eigenvalue weighted by Crippen LogP contribution is -2.47. The average Bonchev–Trinajstić information content (AvgIpc) is 2.57. The molecule has 1 rings (SSSR count). The molecule has 5 N–H and O–H groups in total. The van der Waals surface area contributed by atoms with Crippen LogP contribution in [-0.4, -0.2) is 69.1 Å². The Morgan fingerprint density at radius 3 is 2.00 bits per heavy atom. The van der Waals surface area contributed by atoms with Crippen LogP contribution >= 0.6 is 0 Å². The highest BCUT2D eigenvalue weighted by Crippen LogP contribution is 2.15. The molecule has 0 aliphatic heterocycles. The minimum Gasteiger partial charge on any atom is -0.459 e. The van der Waals surface area contributed by atoms with Crippen LogP contribution in [-0.2, 0) is 4.74 Å². The van der Waals surface area contributed by atoms with Crippen molar-refractivity contribution in [1.29, 1.82) is 0 Å². The summed E-state index contributed by atoms with van der Waals surface area (Å²) in [5.41, 5.74) is 1.37. The summed E-state index contributed by atoms with van der Waals surface area (Å²) in [4.78, 5) is 11.8. The van der Waals surface area contributed by atoms with Gasteiger partial charge in [0, 0.05) is 0 Å². The van der Waals surface area contributed by atoms with E-state index in [1.807, 2.05) is 13.8 Å². The van der Waals surface area contributed by atoms with Crippen molar-refractivity contribution in [2.45, 2.75) is 44.2 Å². The van der Waals surface area contributed by atoms with Crippen molar-refractivity contribution in [1.82, 2.24) is 0 Å². The first-order chi connectivity index (χ1) is 10.8. The second-order valence-electron chi connectivity index (χ2n) is 5.67. The smallest absolute Gasteiger partial charge is 0.338 e. The van der Waals surface area contributed by atoms with Crippen LogP contribution in [0.25, 0.3) is 0 Å². The zero-order chi connectivity index (χ0) is 17.6. The fourth-order valence-corrected chi connectivity index (χ4v) is 1.91. The standard InChI is InChI=1S/C16H24O7/c1-9(2)10-3-5-11(6-4-10)16(22)23-8-13(19)15(21)14(20)12(18)7-17/h3-6,9,12-15,17-21H,7-8H2,1-2H3/t12-,13+,14-,15-/m1/s1. The molecule has 0 fully saturated rings. The van der Waals surface area contributed by atoms with Crippen LogP contribution in [0.1, 0.15) is 35.7 Å². The van der Waals surface area contributed by atoms with Gasteiger partial charge in [0.05, 0.1) is 12.2 Å². The van der Waals surface area contributed by atoms with Gasteiger partial charge in [0.15, 0.2) is 0 Å². The molecule has 0 aliphatic rings. The molecular formula is C16H24O7. The van der Waals surface area contributed by atoms with Crippen molar-refractivity contribution in [2.75, 3.05) is 13.2 Å². The number of hydrogen-bond acceptors (Lipinski definition) is 7. The fraction of sp³-hybridized carbons (Fsp3) is 0.562. The van der Waals surface area contributed by atoms with Crippen molar-refractivity contribution in [3.05, 3.63) is 35.4 Å². The van der Waals surface area contributed by atoms with E-state index in [1.165, 1.54) is 0 Å². The van der Waals surface area contributed by atoms with Crippen molar-refractivity contribution in [3.63, 3.8) is 0 Å². The molecule has 0 saturated carbocycles. The van der Waals surface area contributed by atoms with Gasteiger partial charge in [-0.05, 0) is 23.6 Å². The van der Waals surface area contributed by atoms with Crippen molar-refractivity contribution in [3.8, 4) is 0 Å². The van der Waals surface area contributed by atoms with Gasteiger partial charge >= 0.3 is 5.97 Å². The maximum atomic E-state index is 11.8. The number of esters is 1. The van der Waals surface area contributed by atoms with Crippen molar-refractivity contribution < 1.29 is 35.1 Å². The van der Waals surface area contributed by atoms with Gasteiger partial charge in [0.2, 0.25) is 0 Å². The van der Waals surface area contributed by atoms with Gasteiger partial charge < -0.3 is 30.3 Å². The molecule has 1 aromatic carbocycles. The third-order valence-electron chi connectivity index (χ3n) is 3.52. The van der Waals surface area contributed by atoms with Crippen LogP contribution in [0.3, 0.4) is 0 Å². The lowest BCUT2D eigenvalue weighted by atomic mass is 10.0. The predicted molar refractivity (Wildman–Crippen MR) is 81.9 cm³/mol. The largest absolute Gasteiger partial charge is 0.459 e. The Morgan fingerprint density at radius 1 is 1.00 bits per heavy atom. The SMILES string of the molecule is CC(C)c1ccc(C(=O)OC[C@H](O)[C@@H](O)[C@H](O)[C@H](O)CO)cc1. The molecule has 0 saturated heterocycles. The second kappa shape index (κ2) is 8.95. The number of carbonyl (C=O) groups is 1. The Balaban J connectivity index is 2.54. The predicted octanol–water partition coefficient (Wildman–Crippen LogP) is -0.597. The van der Waals surface area contributed by atoms with E-state index in [1.54, 1.807) is 24.3 Å². The van der Waals surface area contributed by atoms with Gasteiger partial charge in [-0.3, -0.25) is 0 Å². The van der Waals surface area contributed by atoms with E-state index < -0.39 is 43.6 Å². The molecule has 0 bridgehead atoms. The first-order valence-electron chi connectivity index (χ1n) is 7.38. The van der Waals surface area contributed by atoms with Crippen LogP contribution in [0.15, 0.2) is 24.3 Å². The summed E-state index contributed by atoms with van der Waals surface area (Å²) in [6, 6.07) is 6.80. The number of hydrogen-bond donors (Lipinski definition) is 5. The first-order valence-corrected chi connectivity index (χ1v) is 7.38. The summed E-state index contributed by atoms with van der Waals surface area (Å²) in [5, 5.41) is 46.6. The molecule has 0 aliphatic carbocycles. The van der Waals surface area contributed by atoms with Gasteiger partial charge in [-0.2, -0.15) is 0 Å². The van der Waals surface area contributed by atoms with E-state index in [0.29, 0.717) is 11.5 Å². The lowest BCUT2D eigenvalue weighted by Gasteiger charge is -2.25. The molecule has 0 heterocycles. The molecule has 7 nitrogen and oxygen atoms in total. The zero-order valence-corrected chi connectivity index (χ0v) is 13.2. The molecule has 0 radical (unpaired) electrons. The lowest BCUT2D eigenvalue weighted by molar-refractivity contribution is -0.124. The highest BCUT2D eigenvalue weighted by Gasteiger charge is 2.30. The third kappa shape index (κ3) is 5.56. The van der Waals surface area contributed by atoms with Gasteiger partial charge in [0.25, 0.3) is 0 Å². The number of rotatable bonds is 8. The maximum absolute atomic E-state index is 11.8. The molecule has 0 unspecified atom stereocenters. The monoisotopic (exact) mass is 328 g/mol. The van der Waals surface area contributed by atoms with Crippen LogP contribution in [0.4, 0.5) is 0 Å². The molecule has 0 spiro atoms. The number of carbonyl (C=O) groups excluding carboxylic acids is 1. The van der Waals surface area contributed by atoms with E-state index in [-0.39, 0.29) is 0 Å². The third-order valence-corrected chi connectivity index (χ3v) is 3.52. The quantitative estimate of drug-likeness (QED) is 0.403. The minimum absolute atomic E-state index is 0.298. The highest BCUT2D eigenvalue weighted by atomic mass is 16.5. The molecular weight excluding hydrogens is 304 g/mol. The molecule has 130 valence electrons. The highest BCUT2D eigenvalue weighted by molar-refractivity contribution is 5.89. The van der Waals surface area contributed by atoms with Gasteiger partial charge in [0.1, 0.15) is 31.0 Å². The molecule has 0 aromatic heterocycles. The number of aliphatic hydroxyl groups excluding tert-OH is 5. The molecule has 4 atom stereocenters. The topological polar surface area (TPSA) is 127 Å². The second-order valence-corrected chi connectivity index (χ2v) is 5.67. The Hall–Kier alpha value is -1.51. The zero-order valence-electron chi connectivity index (χ0n) is 13.2. The first kappa shape index (κ1) is 19.5. The van der Waals surface area contributed by atoms with Gasteiger partial charge in [-0.1, -0.05) is 26.0 Å². The number of benzene rings is 1. The van der Waals surface area contributed by atoms with Crippen molar-refractivity contribution >= 4 is 5.97 Å². The van der Waals surface area contributed by atoms with Gasteiger partial charge in [-0.25, -0.2) is 4.79 Å². The van der Waals surface area contributed by atoms with Crippen molar-refractivity contribution in [2.24, 2.45) is 0 Å². The summed E-state index contributed by atoms with van der Waals surface area (Å²) in [5.74, 6) is -0.347. The average molecular weight is 328 g/mol. The van der Waals surface area contributed by atoms with E-state index in [2.05, 4.69) is 0 Å². The van der Waals surface area contributed by atoms with E-state index >= 15 is 0 Å².